The number of nitrogens with one attached hydrogen (secondary N) is 1. The van der Waals surface area contributed by atoms with Crippen molar-refractivity contribution in [1.29, 1.82) is 0 Å². The number of halogens is 2. The Hall–Kier alpha value is -3.03. The number of amides is 1. The molecule has 0 aliphatic rings. The van der Waals surface area contributed by atoms with Crippen LogP contribution in [0.5, 0.6) is 0 Å². The molecule has 0 spiro atoms. The van der Waals surface area contributed by atoms with Crippen molar-refractivity contribution in [3.63, 3.8) is 0 Å². The highest BCUT2D eigenvalue weighted by Crippen LogP contribution is 2.34. The van der Waals surface area contributed by atoms with Gasteiger partial charge in [0.05, 0.1) is 11.3 Å². The summed E-state index contributed by atoms with van der Waals surface area (Å²) < 4.78 is 15.1. The number of carbonyl (C=O) groups is 2. The molecule has 0 aromatic heterocycles. The van der Waals surface area contributed by atoms with E-state index in [1.165, 1.54) is 36.2 Å². The molecule has 5 nitrogen and oxygen atoms in total. The van der Waals surface area contributed by atoms with Crippen molar-refractivity contribution >= 4 is 41.1 Å². The highest BCUT2D eigenvalue weighted by Gasteiger charge is 2.17. The molecule has 0 heterocycles. The summed E-state index contributed by atoms with van der Waals surface area (Å²) in [6.07, 6.45) is 0. The van der Waals surface area contributed by atoms with Crippen molar-refractivity contribution in [3.8, 4) is 0 Å². The molecule has 0 aliphatic heterocycles. The zero-order valence-electron chi connectivity index (χ0n) is 16.6. The van der Waals surface area contributed by atoms with Crippen LogP contribution in [-0.2, 0) is 11.3 Å². The smallest absolute Gasteiger partial charge is 0.335 e. The van der Waals surface area contributed by atoms with Gasteiger partial charge in [0, 0.05) is 16.5 Å². The minimum atomic E-state index is -1.02. The van der Waals surface area contributed by atoms with E-state index in [4.69, 9.17) is 16.7 Å². The van der Waals surface area contributed by atoms with Crippen molar-refractivity contribution < 1.29 is 19.1 Å². The van der Waals surface area contributed by atoms with E-state index in [0.717, 1.165) is 16.1 Å². The quantitative estimate of drug-likeness (QED) is 0.447. The lowest BCUT2D eigenvalue weighted by Gasteiger charge is -2.25. The molecule has 3 rings (SSSR count). The number of carbonyl (C=O) groups excluding carboxylic acids is 1. The number of aromatic carboxylic acids is 1. The van der Waals surface area contributed by atoms with E-state index in [1.807, 2.05) is 13.0 Å². The number of nitrogens with zero attached hydrogens (tertiary/aromatic N) is 1. The molecule has 0 radical (unpaired) electrons. The fourth-order valence-electron chi connectivity index (χ4n) is 2.86. The van der Waals surface area contributed by atoms with E-state index in [-0.39, 0.29) is 30.4 Å². The maximum absolute atomic E-state index is 13.3. The Kier molecular flexibility index (Phi) is 7.55. The Morgan fingerprint density at radius 1 is 1.10 bits per heavy atom. The van der Waals surface area contributed by atoms with E-state index >= 15 is 0 Å². The second-order valence-electron chi connectivity index (χ2n) is 6.75. The van der Waals surface area contributed by atoms with Crippen LogP contribution in [0.2, 0.25) is 5.02 Å². The summed E-state index contributed by atoms with van der Waals surface area (Å²) in [5.74, 6) is -1.61. The van der Waals surface area contributed by atoms with Crippen LogP contribution in [0.25, 0.3) is 0 Å². The molecule has 160 valence electrons. The molecule has 0 saturated carbocycles. The molecule has 0 aliphatic carbocycles. The van der Waals surface area contributed by atoms with Crippen molar-refractivity contribution in [2.24, 2.45) is 0 Å². The lowest BCUT2D eigenvalue weighted by molar-refractivity contribution is -0.119. The zero-order valence-corrected chi connectivity index (χ0v) is 18.2. The monoisotopic (exact) mass is 458 g/mol. The van der Waals surface area contributed by atoms with Gasteiger partial charge in [-0.05, 0) is 78.5 Å². The molecular weight excluding hydrogens is 439 g/mol. The SMILES string of the molecule is Cc1c(Cl)cccc1N(CC(=O)NCc1cccc(C(=O)O)c1)Sc1ccc(F)cc1. The van der Waals surface area contributed by atoms with Crippen molar-refractivity contribution in [3.05, 3.63) is 94.3 Å². The molecule has 3 aromatic rings. The normalized spacial score (nSPS) is 10.5. The standard InChI is InChI=1S/C23H20ClFN2O3S/c1-15-20(24)6-3-7-21(15)27(31-19-10-8-18(25)9-11-19)14-22(28)26-13-16-4-2-5-17(12-16)23(29)30/h2-12H,13-14H2,1H3,(H,26,28)(H,29,30). The Morgan fingerprint density at radius 2 is 1.81 bits per heavy atom. The maximum atomic E-state index is 13.3. The average molecular weight is 459 g/mol. The van der Waals surface area contributed by atoms with Crippen LogP contribution in [0.3, 0.4) is 0 Å². The highest BCUT2D eigenvalue weighted by atomic mass is 35.5. The third-order valence-corrected chi connectivity index (χ3v) is 5.93. The Bertz CT molecular complexity index is 1090. The number of carboxylic acids is 1. The zero-order chi connectivity index (χ0) is 22.4. The van der Waals surface area contributed by atoms with Gasteiger partial charge in [0.1, 0.15) is 12.4 Å². The summed E-state index contributed by atoms with van der Waals surface area (Å²) in [6, 6.07) is 17.9. The molecule has 8 heteroatoms. The fourth-order valence-corrected chi connectivity index (χ4v) is 4.02. The molecule has 3 aromatic carbocycles. The van der Waals surface area contributed by atoms with Crippen molar-refractivity contribution in [2.75, 3.05) is 10.8 Å². The number of hydrogen-bond donors (Lipinski definition) is 2. The van der Waals surface area contributed by atoms with E-state index in [0.29, 0.717) is 10.6 Å². The van der Waals surface area contributed by atoms with Gasteiger partial charge < -0.3 is 14.7 Å². The van der Waals surface area contributed by atoms with Gasteiger partial charge in [-0.3, -0.25) is 4.79 Å². The molecule has 2 N–H and O–H groups in total. The minimum Gasteiger partial charge on any atom is -0.478 e. The molecule has 0 bridgehead atoms. The third kappa shape index (κ3) is 6.23. The Morgan fingerprint density at radius 3 is 2.52 bits per heavy atom. The van der Waals surface area contributed by atoms with Crippen LogP contribution in [0.15, 0.2) is 71.6 Å². The molecular formula is C23H20ClFN2O3S. The summed E-state index contributed by atoms with van der Waals surface area (Å²) in [5.41, 5.74) is 2.44. The maximum Gasteiger partial charge on any atom is 0.335 e. The van der Waals surface area contributed by atoms with Crippen LogP contribution in [0.1, 0.15) is 21.5 Å². The lowest BCUT2D eigenvalue weighted by atomic mass is 10.1. The Balaban J connectivity index is 1.75. The summed E-state index contributed by atoms with van der Waals surface area (Å²) in [6.45, 7) is 2.08. The summed E-state index contributed by atoms with van der Waals surface area (Å²) >= 11 is 7.56. The van der Waals surface area contributed by atoms with E-state index in [1.54, 1.807) is 40.7 Å². The molecule has 0 saturated heterocycles. The number of carboxylic acid groups (broad SMARTS) is 1. The van der Waals surface area contributed by atoms with Gasteiger partial charge in [-0.25, -0.2) is 9.18 Å². The van der Waals surface area contributed by atoms with Crippen LogP contribution in [-0.4, -0.2) is 23.5 Å². The lowest BCUT2D eigenvalue weighted by Crippen LogP contribution is -2.34. The number of rotatable bonds is 8. The summed E-state index contributed by atoms with van der Waals surface area (Å²) in [7, 11) is 0. The first-order valence-electron chi connectivity index (χ1n) is 9.38. The van der Waals surface area contributed by atoms with Gasteiger partial charge in [0.25, 0.3) is 0 Å². The summed E-state index contributed by atoms with van der Waals surface area (Å²) in [5, 5.41) is 12.5. The van der Waals surface area contributed by atoms with Gasteiger partial charge >= 0.3 is 5.97 Å². The number of benzene rings is 3. The molecule has 0 unspecified atom stereocenters. The van der Waals surface area contributed by atoms with Crippen LogP contribution in [0.4, 0.5) is 10.1 Å². The third-order valence-electron chi connectivity index (χ3n) is 4.49. The summed E-state index contributed by atoms with van der Waals surface area (Å²) in [4.78, 5) is 24.6. The van der Waals surface area contributed by atoms with Crippen LogP contribution in [0, 0.1) is 12.7 Å². The minimum absolute atomic E-state index is 0.0157. The number of anilines is 1. The van der Waals surface area contributed by atoms with E-state index < -0.39 is 5.97 Å². The predicted molar refractivity (Wildman–Crippen MR) is 121 cm³/mol. The van der Waals surface area contributed by atoms with Gasteiger partial charge in [-0.1, -0.05) is 29.8 Å². The van der Waals surface area contributed by atoms with Gasteiger partial charge in [0.15, 0.2) is 0 Å². The van der Waals surface area contributed by atoms with Gasteiger partial charge in [0.2, 0.25) is 5.91 Å². The molecule has 0 atom stereocenters. The predicted octanol–water partition coefficient (Wildman–Crippen LogP) is 5.32. The van der Waals surface area contributed by atoms with Crippen molar-refractivity contribution in [2.45, 2.75) is 18.4 Å². The van der Waals surface area contributed by atoms with E-state index in [9.17, 15) is 14.0 Å². The molecule has 1 amide bonds. The second kappa shape index (κ2) is 10.3. The Labute approximate surface area is 189 Å². The second-order valence-corrected chi connectivity index (χ2v) is 8.25. The number of hydrogen-bond acceptors (Lipinski definition) is 4. The topological polar surface area (TPSA) is 69.6 Å². The molecule has 0 fully saturated rings. The van der Waals surface area contributed by atoms with Gasteiger partial charge in [-0.15, -0.1) is 0 Å². The van der Waals surface area contributed by atoms with Gasteiger partial charge in [-0.2, -0.15) is 0 Å². The first kappa shape index (κ1) is 22.7. The van der Waals surface area contributed by atoms with E-state index in [2.05, 4.69) is 5.32 Å². The van der Waals surface area contributed by atoms with Crippen LogP contribution >= 0.6 is 23.5 Å². The first-order chi connectivity index (χ1) is 14.8. The van der Waals surface area contributed by atoms with Crippen LogP contribution < -0.4 is 9.62 Å². The average Bonchev–Trinajstić information content (AvgIpc) is 2.75. The molecule has 31 heavy (non-hydrogen) atoms. The van der Waals surface area contributed by atoms with Crippen molar-refractivity contribution in [1.82, 2.24) is 5.32 Å². The fraction of sp³-hybridized carbons (Fsp3) is 0.130. The first-order valence-corrected chi connectivity index (χ1v) is 10.5. The largest absolute Gasteiger partial charge is 0.478 e. The highest BCUT2D eigenvalue weighted by molar-refractivity contribution is 8.00.